The second-order valence-corrected chi connectivity index (χ2v) is 6.58. The van der Waals surface area contributed by atoms with Crippen LogP contribution in [0.15, 0.2) is 24.5 Å². The minimum Gasteiger partial charge on any atom is -0.479 e. The van der Waals surface area contributed by atoms with Crippen molar-refractivity contribution in [3.63, 3.8) is 0 Å². The van der Waals surface area contributed by atoms with Crippen molar-refractivity contribution in [2.45, 2.75) is 32.4 Å². The van der Waals surface area contributed by atoms with Gasteiger partial charge >= 0.3 is 0 Å². The molecule has 6 heteroatoms. The van der Waals surface area contributed by atoms with Gasteiger partial charge in [0.05, 0.1) is 19.4 Å². The minimum absolute atomic E-state index is 0.0630. The zero-order chi connectivity index (χ0) is 16.9. The Kier molecular flexibility index (Phi) is 5.68. The number of nitrogens with zero attached hydrogens (tertiary/aromatic N) is 3. The van der Waals surface area contributed by atoms with Crippen LogP contribution >= 0.6 is 0 Å². The fourth-order valence-corrected chi connectivity index (χ4v) is 3.69. The molecule has 0 N–H and O–H groups in total. The molecule has 0 radical (unpaired) electrons. The maximum absolute atomic E-state index is 12.8. The Hall–Kier alpha value is -1.66. The van der Waals surface area contributed by atoms with Crippen molar-refractivity contribution in [3.05, 3.63) is 24.5 Å². The third-order valence-corrected chi connectivity index (χ3v) is 5.05. The molecule has 2 aliphatic rings. The average Bonchev–Trinajstić information content (AvgIpc) is 3.07. The van der Waals surface area contributed by atoms with E-state index in [0.29, 0.717) is 17.7 Å². The molecule has 3 atom stereocenters. The van der Waals surface area contributed by atoms with Gasteiger partial charge in [-0.2, -0.15) is 0 Å². The van der Waals surface area contributed by atoms with E-state index >= 15 is 0 Å². The number of hydrogen-bond donors (Lipinski definition) is 0. The molecule has 0 bridgehead atoms. The number of likely N-dealkylation sites (tertiary alicyclic amines) is 1. The van der Waals surface area contributed by atoms with Gasteiger partial charge in [0.25, 0.3) is 5.91 Å². The highest BCUT2D eigenvalue weighted by Crippen LogP contribution is 2.26. The standard InChI is InChI=1S/C18H27N3O3/c1-3-15-12-21(13-17(15)20-7-9-23-10-8-20)18(22)14(2)24-16-5-4-6-19-11-16/h4-6,11,14-15,17H,3,7-10,12-13H2,1-2H3/t14-,15+,17+/m0/s1. The van der Waals surface area contributed by atoms with Gasteiger partial charge in [-0.3, -0.25) is 14.7 Å². The Bertz CT molecular complexity index is 534. The highest BCUT2D eigenvalue weighted by molar-refractivity contribution is 5.81. The lowest BCUT2D eigenvalue weighted by Gasteiger charge is -2.34. The summed E-state index contributed by atoms with van der Waals surface area (Å²) in [4.78, 5) is 21.3. The summed E-state index contributed by atoms with van der Waals surface area (Å²) in [5.74, 6) is 1.22. The van der Waals surface area contributed by atoms with Gasteiger partial charge in [-0.15, -0.1) is 0 Å². The molecule has 0 aliphatic carbocycles. The number of amides is 1. The number of aromatic nitrogens is 1. The van der Waals surface area contributed by atoms with Crippen molar-refractivity contribution in [2.24, 2.45) is 5.92 Å². The van der Waals surface area contributed by atoms with Crippen LogP contribution in [0.4, 0.5) is 0 Å². The lowest BCUT2D eigenvalue weighted by Crippen LogP contribution is -2.48. The molecule has 24 heavy (non-hydrogen) atoms. The Balaban J connectivity index is 1.60. The van der Waals surface area contributed by atoms with Crippen LogP contribution in [0.1, 0.15) is 20.3 Å². The van der Waals surface area contributed by atoms with Crippen molar-refractivity contribution in [1.82, 2.24) is 14.8 Å². The molecule has 2 saturated heterocycles. The van der Waals surface area contributed by atoms with Gasteiger partial charge in [0.1, 0.15) is 5.75 Å². The molecule has 3 rings (SSSR count). The second-order valence-electron chi connectivity index (χ2n) is 6.58. The highest BCUT2D eigenvalue weighted by atomic mass is 16.5. The Labute approximate surface area is 143 Å². The lowest BCUT2D eigenvalue weighted by atomic mass is 9.99. The van der Waals surface area contributed by atoms with Crippen molar-refractivity contribution in [3.8, 4) is 5.75 Å². The van der Waals surface area contributed by atoms with Gasteiger partial charge in [-0.05, 0) is 25.0 Å². The molecule has 2 aliphatic heterocycles. The first-order chi connectivity index (χ1) is 11.7. The van der Waals surface area contributed by atoms with Crippen molar-refractivity contribution in [2.75, 3.05) is 39.4 Å². The van der Waals surface area contributed by atoms with Gasteiger partial charge in [0.15, 0.2) is 6.10 Å². The van der Waals surface area contributed by atoms with Crippen molar-refractivity contribution in [1.29, 1.82) is 0 Å². The molecule has 0 saturated carbocycles. The number of morpholine rings is 1. The third-order valence-electron chi connectivity index (χ3n) is 5.05. The highest BCUT2D eigenvalue weighted by Gasteiger charge is 2.39. The van der Waals surface area contributed by atoms with Gasteiger partial charge in [-0.1, -0.05) is 13.3 Å². The predicted molar refractivity (Wildman–Crippen MR) is 90.9 cm³/mol. The number of rotatable bonds is 5. The van der Waals surface area contributed by atoms with Crippen LogP contribution in [-0.2, 0) is 9.53 Å². The van der Waals surface area contributed by atoms with Gasteiger partial charge in [0, 0.05) is 38.4 Å². The van der Waals surface area contributed by atoms with E-state index in [1.807, 2.05) is 24.0 Å². The van der Waals surface area contributed by atoms with E-state index in [-0.39, 0.29) is 5.91 Å². The number of pyridine rings is 1. The first kappa shape index (κ1) is 17.2. The fourth-order valence-electron chi connectivity index (χ4n) is 3.69. The summed E-state index contributed by atoms with van der Waals surface area (Å²) in [5.41, 5.74) is 0. The molecule has 1 aromatic heterocycles. The predicted octanol–water partition coefficient (Wildman–Crippen LogP) is 1.42. The van der Waals surface area contributed by atoms with E-state index in [4.69, 9.17) is 9.47 Å². The monoisotopic (exact) mass is 333 g/mol. The van der Waals surface area contributed by atoms with E-state index in [0.717, 1.165) is 45.8 Å². The lowest BCUT2D eigenvalue weighted by molar-refractivity contribution is -0.137. The van der Waals surface area contributed by atoms with Crippen LogP contribution in [0, 0.1) is 5.92 Å². The molecule has 1 aromatic rings. The molecule has 1 amide bonds. The first-order valence-corrected chi connectivity index (χ1v) is 8.86. The van der Waals surface area contributed by atoms with Gasteiger partial charge < -0.3 is 14.4 Å². The van der Waals surface area contributed by atoms with E-state index in [2.05, 4.69) is 16.8 Å². The molecular formula is C18H27N3O3. The van der Waals surface area contributed by atoms with Crippen LogP contribution in [0.2, 0.25) is 0 Å². The number of hydrogen-bond acceptors (Lipinski definition) is 5. The van der Waals surface area contributed by atoms with Crippen molar-refractivity contribution < 1.29 is 14.3 Å². The normalized spacial score (nSPS) is 26.3. The fraction of sp³-hybridized carbons (Fsp3) is 0.667. The third kappa shape index (κ3) is 3.87. The zero-order valence-electron chi connectivity index (χ0n) is 14.6. The van der Waals surface area contributed by atoms with Gasteiger partial charge in [0.2, 0.25) is 0 Å². The van der Waals surface area contributed by atoms with Crippen molar-refractivity contribution >= 4 is 5.91 Å². The maximum atomic E-state index is 12.8. The first-order valence-electron chi connectivity index (χ1n) is 8.86. The van der Waals surface area contributed by atoms with E-state index in [1.165, 1.54) is 0 Å². The molecule has 0 aromatic carbocycles. The summed E-state index contributed by atoms with van der Waals surface area (Å²) in [6.07, 6.45) is 3.93. The van der Waals surface area contributed by atoms with Crippen LogP contribution in [0.25, 0.3) is 0 Å². The Morgan fingerprint density at radius 2 is 2.21 bits per heavy atom. The van der Waals surface area contributed by atoms with E-state index < -0.39 is 6.10 Å². The van der Waals surface area contributed by atoms with Crippen LogP contribution < -0.4 is 4.74 Å². The topological polar surface area (TPSA) is 54.9 Å². The second kappa shape index (κ2) is 7.94. The van der Waals surface area contributed by atoms with Gasteiger partial charge in [-0.25, -0.2) is 0 Å². The molecular weight excluding hydrogens is 306 g/mol. The van der Waals surface area contributed by atoms with Crippen LogP contribution in [0.3, 0.4) is 0 Å². The molecule has 3 heterocycles. The Morgan fingerprint density at radius 3 is 2.88 bits per heavy atom. The zero-order valence-corrected chi connectivity index (χ0v) is 14.6. The molecule has 132 valence electrons. The van der Waals surface area contributed by atoms with Crippen LogP contribution in [-0.4, -0.2) is 72.2 Å². The minimum atomic E-state index is -0.491. The molecule has 0 spiro atoms. The average molecular weight is 333 g/mol. The Morgan fingerprint density at radius 1 is 1.42 bits per heavy atom. The summed E-state index contributed by atoms with van der Waals surface area (Å²) in [6.45, 7) is 9.15. The number of carbonyl (C=O) groups excluding carboxylic acids is 1. The smallest absolute Gasteiger partial charge is 0.263 e. The summed E-state index contributed by atoms with van der Waals surface area (Å²) >= 11 is 0. The quantitative estimate of drug-likeness (QED) is 0.816. The summed E-state index contributed by atoms with van der Waals surface area (Å²) in [5, 5.41) is 0. The van der Waals surface area contributed by atoms with Crippen LogP contribution in [0.5, 0.6) is 5.75 Å². The molecule has 6 nitrogen and oxygen atoms in total. The summed E-state index contributed by atoms with van der Waals surface area (Å²) in [6, 6.07) is 4.07. The summed E-state index contributed by atoms with van der Waals surface area (Å²) < 4.78 is 11.2. The number of carbonyl (C=O) groups is 1. The SMILES string of the molecule is CC[C@@H]1CN(C(=O)[C@H](C)Oc2cccnc2)C[C@H]1N1CCOCC1. The molecule has 2 fully saturated rings. The maximum Gasteiger partial charge on any atom is 0.263 e. The van der Waals surface area contributed by atoms with E-state index in [9.17, 15) is 4.79 Å². The summed E-state index contributed by atoms with van der Waals surface area (Å²) in [7, 11) is 0. The molecule has 0 unspecified atom stereocenters. The number of ether oxygens (including phenoxy) is 2. The van der Waals surface area contributed by atoms with E-state index in [1.54, 1.807) is 12.4 Å². The largest absolute Gasteiger partial charge is 0.479 e.